The SMILES string of the molecule is CCc1cc(C(=O)NC2(CC(N)=O)CCCCC2)c(C)nn1. The first-order valence-electron chi connectivity index (χ1n) is 7.90. The molecule has 0 radical (unpaired) electrons. The third-order valence-corrected chi connectivity index (χ3v) is 4.34. The largest absolute Gasteiger partial charge is 0.370 e. The fourth-order valence-corrected chi connectivity index (χ4v) is 3.11. The highest BCUT2D eigenvalue weighted by Gasteiger charge is 2.35. The van der Waals surface area contributed by atoms with Crippen LogP contribution in [-0.4, -0.2) is 27.6 Å². The number of nitrogens with two attached hydrogens (primary N) is 1. The summed E-state index contributed by atoms with van der Waals surface area (Å²) in [6, 6.07) is 1.78. The van der Waals surface area contributed by atoms with E-state index in [2.05, 4.69) is 15.5 Å². The van der Waals surface area contributed by atoms with Gasteiger partial charge in [0.15, 0.2) is 0 Å². The Balaban J connectivity index is 2.22. The fourth-order valence-electron chi connectivity index (χ4n) is 3.11. The standard InChI is InChI=1S/C16H24N4O2/c1-3-12-9-13(11(2)19-20-12)15(22)18-16(10-14(17)21)7-5-4-6-8-16/h9H,3-8,10H2,1-2H3,(H2,17,21)(H,18,22). The van der Waals surface area contributed by atoms with E-state index in [9.17, 15) is 9.59 Å². The molecule has 1 aromatic rings. The molecular weight excluding hydrogens is 280 g/mol. The Kier molecular flexibility index (Phi) is 5.11. The summed E-state index contributed by atoms with van der Waals surface area (Å²) in [6.45, 7) is 3.74. The predicted octanol–water partition coefficient (Wildman–Crippen LogP) is 1.66. The Morgan fingerprint density at radius 1 is 1.27 bits per heavy atom. The summed E-state index contributed by atoms with van der Waals surface area (Å²) in [4.78, 5) is 24.1. The first kappa shape index (κ1) is 16.4. The van der Waals surface area contributed by atoms with E-state index in [1.807, 2.05) is 6.92 Å². The van der Waals surface area contributed by atoms with Crippen LogP contribution in [-0.2, 0) is 11.2 Å². The van der Waals surface area contributed by atoms with E-state index < -0.39 is 5.54 Å². The molecule has 0 bridgehead atoms. The normalized spacial score (nSPS) is 17.0. The van der Waals surface area contributed by atoms with Crippen LogP contribution in [0.25, 0.3) is 0 Å². The minimum Gasteiger partial charge on any atom is -0.370 e. The number of carbonyl (C=O) groups is 2. The molecule has 0 atom stereocenters. The molecule has 3 N–H and O–H groups in total. The van der Waals surface area contributed by atoms with Gasteiger partial charge in [-0.1, -0.05) is 26.2 Å². The molecule has 1 saturated carbocycles. The molecule has 6 heteroatoms. The lowest BCUT2D eigenvalue weighted by molar-refractivity contribution is -0.119. The Hall–Kier alpha value is -1.98. The molecular formula is C16H24N4O2. The molecule has 0 saturated heterocycles. The predicted molar refractivity (Wildman–Crippen MR) is 83.2 cm³/mol. The second-order valence-corrected chi connectivity index (χ2v) is 6.13. The Bertz CT molecular complexity index is 565. The van der Waals surface area contributed by atoms with Gasteiger partial charge in [-0.25, -0.2) is 0 Å². The van der Waals surface area contributed by atoms with Crippen molar-refractivity contribution in [3.8, 4) is 0 Å². The average Bonchev–Trinajstić information content (AvgIpc) is 2.47. The second kappa shape index (κ2) is 6.85. The number of amides is 2. The van der Waals surface area contributed by atoms with Crippen LogP contribution in [0.4, 0.5) is 0 Å². The summed E-state index contributed by atoms with van der Waals surface area (Å²) >= 11 is 0. The van der Waals surface area contributed by atoms with Gasteiger partial charge in [-0.05, 0) is 32.3 Å². The molecule has 1 aliphatic rings. The number of primary amides is 1. The van der Waals surface area contributed by atoms with E-state index >= 15 is 0 Å². The maximum Gasteiger partial charge on any atom is 0.253 e. The molecule has 1 heterocycles. The maximum atomic E-state index is 12.7. The van der Waals surface area contributed by atoms with Gasteiger partial charge in [0, 0.05) is 12.0 Å². The molecule has 22 heavy (non-hydrogen) atoms. The summed E-state index contributed by atoms with van der Waals surface area (Å²) in [5.74, 6) is -0.564. The zero-order valence-corrected chi connectivity index (χ0v) is 13.3. The molecule has 0 aromatic carbocycles. The minimum absolute atomic E-state index is 0.190. The highest BCUT2D eigenvalue weighted by molar-refractivity contribution is 5.96. The van der Waals surface area contributed by atoms with Gasteiger partial charge in [0.2, 0.25) is 5.91 Å². The van der Waals surface area contributed by atoms with Gasteiger partial charge in [0.05, 0.1) is 17.0 Å². The van der Waals surface area contributed by atoms with Crippen LogP contribution in [0, 0.1) is 6.92 Å². The lowest BCUT2D eigenvalue weighted by atomic mass is 9.79. The van der Waals surface area contributed by atoms with Crippen molar-refractivity contribution < 1.29 is 9.59 Å². The molecule has 1 aliphatic carbocycles. The third kappa shape index (κ3) is 3.81. The van der Waals surface area contributed by atoms with Crippen molar-refractivity contribution in [3.63, 3.8) is 0 Å². The topological polar surface area (TPSA) is 98.0 Å². The summed E-state index contributed by atoms with van der Waals surface area (Å²) in [6.07, 6.45) is 5.63. The number of hydrogen-bond acceptors (Lipinski definition) is 4. The first-order valence-corrected chi connectivity index (χ1v) is 7.90. The molecule has 0 aliphatic heterocycles. The summed E-state index contributed by atoms with van der Waals surface area (Å²) < 4.78 is 0. The lowest BCUT2D eigenvalue weighted by Gasteiger charge is -2.37. The lowest BCUT2D eigenvalue weighted by Crippen LogP contribution is -2.52. The molecule has 0 spiro atoms. The number of aromatic nitrogens is 2. The van der Waals surface area contributed by atoms with Gasteiger partial charge in [-0.3, -0.25) is 9.59 Å². The number of carbonyl (C=O) groups excluding carboxylic acids is 2. The van der Waals surface area contributed by atoms with Gasteiger partial charge in [-0.2, -0.15) is 10.2 Å². The molecule has 1 fully saturated rings. The van der Waals surface area contributed by atoms with Crippen molar-refractivity contribution in [2.75, 3.05) is 0 Å². The van der Waals surface area contributed by atoms with Gasteiger partial charge in [0.25, 0.3) is 5.91 Å². The van der Waals surface area contributed by atoms with Crippen LogP contribution in [0.15, 0.2) is 6.07 Å². The Morgan fingerprint density at radius 3 is 2.55 bits per heavy atom. The van der Waals surface area contributed by atoms with Crippen LogP contribution in [0.5, 0.6) is 0 Å². The Labute approximate surface area is 130 Å². The Morgan fingerprint density at radius 2 is 1.95 bits per heavy atom. The fraction of sp³-hybridized carbons (Fsp3) is 0.625. The zero-order valence-electron chi connectivity index (χ0n) is 13.3. The zero-order chi connectivity index (χ0) is 16.2. The molecule has 2 rings (SSSR count). The van der Waals surface area contributed by atoms with Gasteiger partial charge >= 0.3 is 0 Å². The van der Waals surface area contributed by atoms with E-state index in [-0.39, 0.29) is 18.2 Å². The van der Waals surface area contributed by atoms with Crippen LogP contribution < -0.4 is 11.1 Å². The van der Waals surface area contributed by atoms with E-state index in [4.69, 9.17) is 5.73 Å². The van der Waals surface area contributed by atoms with Gasteiger partial charge < -0.3 is 11.1 Å². The van der Waals surface area contributed by atoms with Crippen molar-refractivity contribution in [2.24, 2.45) is 5.73 Å². The molecule has 120 valence electrons. The number of rotatable bonds is 5. The maximum absolute atomic E-state index is 12.7. The van der Waals surface area contributed by atoms with Crippen LogP contribution in [0.3, 0.4) is 0 Å². The number of aryl methyl sites for hydroxylation is 2. The molecule has 1 aromatic heterocycles. The minimum atomic E-state index is -0.511. The average molecular weight is 304 g/mol. The van der Waals surface area contributed by atoms with Crippen molar-refractivity contribution in [1.29, 1.82) is 0 Å². The van der Waals surface area contributed by atoms with Crippen molar-refractivity contribution in [2.45, 2.75) is 64.3 Å². The van der Waals surface area contributed by atoms with Crippen molar-refractivity contribution in [1.82, 2.24) is 15.5 Å². The second-order valence-electron chi connectivity index (χ2n) is 6.13. The van der Waals surface area contributed by atoms with Crippen molar-refractivity contribution >= 4 is 11.8 Å². The summed E-state index contributed by atoms with van der Waals surface area (Å²) in [5.41, 5.74) is 6.78. The van der Waals surface area contributed by atoms with Crippen LogP contribution in [0.1, 0.15) is 67.2 Å². The van der Waals surface area contributed by atoms with Crippen LogP contribution in [0.2, 0.25) is 0 Å². The smallest absolute Gasteiger partial charge is 0.253 e. The molecule has 6 nitrogen and oxygen atoms in total. The van der Waals surface area contributed by atoms with Crippen molar-refractivity contribution in [3.05, 3.63) is 23.0 Å². The number of nitrogens with one attached hydrogen (secondary N) is 1. The first-order chi connectivity index (χ1) is 10.5. The number of hydrogen-bond donors (Lipinski definition) is 2. The molecule has 0 unspecified atom stereocenters. The van der Waals surface area contributed by atoms with E-state index in [1.165, 1.54) is 0 Å². The van der Waals surface area contributed by atoms with E-state index in [0.29, 0.717) is 11.3 Å². The quantitative estimate of drug-likeness (QED) is 0.864. The summed E-state index contributed by atoms with van der Waals surface area (Å²) in [7, 11) is 0. The monoisotopic (exact) mass is 304 g/mol. The highest BCUT2D eigenvalue weighted by Crippen LogP contribution is 2.31. The van der Waals surface area contributed by atoms with Crippen LogP contribution >= 0.6 is 0 Å². The van der Waals surface area contributed by atoms with Gasteiger partial charge in [0.1, 0.15) is 0 Å². The van der Waals surface area contributed by atoms with E-state index in [0.717, 1.165) is 44.2 Å². The van der Waals surface area contributed by atoms with Gasteiger partial charge in [-0.15, -0.1) is 0 Å². The molecule has 2 amide bonds. The third-order valence-electron chi connectivity index (χ3n) is 4.34. The number of nitrogens with zero attached hydrogens (tertiary/aromatic N) is 2. The highest BCUT2D eigenvalue weighted by atomic mass is 16.2. The summed E-state index contributed by atoms with van der Waals surface area (Å²) in [5, 5.41) is 11.2. The van der Waals surface area contributed by atoms with E-state index in [1.54, 1.807) is 13.0 Å².